The molecule has 0 aromatic heterocycles. The molecule has 1 heterocycles. The molecule has 0 bridgehead atoms. The first-order valence-corrected chi connectivity index (χ1v) is 3.98. The first-order chi connectivity index (χ1) is 5.00. The fourth-order valence-corrected chi connectivity index (χ4v) is 1.31. The Kier molecular flexibility index (Phi) is 2.22. The van der Waals surface area contributed by atoms with E-state index in [1.165, 1.54) is 6.92 Å². The maximum Gasteiger partial charge on any atom is 0.325 e. The highest BCUT2D eigenvalue weighted by Gasteiger charge is 2.51. The summed E-state index contributed by atoms with van der Waals surface area (Å²) in [4.78, 5) is 10.9. The van der Waals surface area contributed by atoms with Gasteiger partial charge in [0.1, 0.15) is 10.4 Å². The Morgan fingerprint density at radius 1 is 1.82 bits per heavy atom. The van der Waals surface area contributed by atoms with Gasteiger partial charge in [-0.25, -0.2) is 0 Å². The van der Waals surface area contributed by atoms with E-state index in [-0.39, 0.29) is 6.61 Å². The van der Waals surface area contributed by atoms with Gasteiger partial charge >= 0.3 is 5.97 Å². The van der Waals surface area contributed by atoms with Gasteiger partial charge in [0.15, 0.2) is 6.10 Å². The third-order valence-corrected chi connectivity index (χ3v) is 2.54. The average molecular weight is 225 g/mol. The van der Waals surface area contributed by atoms with Crippen molar-refractivity contribution in [2.45, 2.75) is 23.5 Å². The first kappa shape index (κ1) is 8.96. The van der Waals surface area contributed by atoms with Crippen molar-refractivity contribution >= 4 is 21.9 Å². The van der Waals surface area contributed by atoms with Crippen LogP contribution >= 0.6 is 15.9 Å². The van der Waals surface area contributed by atoms with Crippen molar-refractivity contribution in [2.24, 2.45) is 0 Å². The van der Waals surface area contributed by atoms with Gasteiger partial charge in [-0.05, 0) is 6.92 Å². The van der Waals surface area contributed by atoms with Crippen molar-refractivity contribution in [3.8, 4) is 0 Å². The molecule has 1 unspecified atom stereocenters. The lowest BCUT2D eigenvalue weighted by Gasteiger charge is -2.15. The molecule has 5 heteroatoms. The number of ether oxygens (including phenoxy) is 1. The second kappa shape index (κ2) is 2.73. The summed E-state index contributed by atoms with van der Waals surface area (Å²) in [6, 6.07) is 0. The molecule has 1 saturated heterocycles. The molecule has 4 nitrogen and oxygen atoms in total. The standard InChI is InChI=1S/C6H9BrO4/c1-6(7)4(9)3(2-8)11-5(6)10/h3-4,8-9H,2H2,1H3/t3-,4-,6?/m1/s1. The fraction of sp³-hybridized carbons (Fsp3) is 0.833. The zero-order valence-electron chi connectivity index (χ0n) is 5.95. The summed E-state index contributed by atoms with van der Waals surface area (Å²) in [5.74, 6) is -0.538. The minimum absolute atomic E-state index is 0.353. The molecule has 1 rings (SSSR count). The summed E-state index contributed by atoms with van der Waals surface area (Å²) in [5, 5.41) is 18.0. The average Bonchev–Trinajstić information content (AvgIpc) is 2.14. The predicted octanol–water partition coefficient (Wildman–Crippen LogP) is -0.581. The Balaban J connectivity index is 2.80. The number of carbonyl (C=O) groups is 1. The Bertz CT molecular complexity index is 179. The predicted molar refractivity (Wildman–Crippen MR) is 40.3 cm³/mol. The highest BCUT2D eigenvalue weighted by molar-refractivity contribution is 9.10. The highest BCUT2D eigenvalue weighted by Crippen LogP contribution is 2.33. The van der Waals surface area contributed by atoms with E-state index in [0.717, 1.165) is 0 Å². The Labute approximate surface area is 72.3 Å². The van der Waals surface area contributed by atoms with E-state index in [0.29, 0.717) is 0 Å². The second-order valence-electron chi connectivity index (χ2n) is 2.65. The van der Waals surface area contributed by atoms with Gasteiger partial charge in [0.2, 0.25) is 0 Å². The van der Waals surface area contributed by atoms with Crippen molar-refractivity contribution in [1.29, 1.82) is 0 Å². The van der Waals surface area contributed by atoms with Crippen molar-refractivity contribution < 1.29 is 19.7 Å². The molecule has 1 aliphatic rings. The molecule has 0 spiro atoms. The molecule has 2 N–H and O–H groups in total. The summed E-state index contributed by atoms with van der Waals surface area (Å²) in [6.45, 7) is 1.16. The van der Waals surface area contributed by atoms with E-state index < -0.39 is 22.5 Å². The van der Waals surface area contributed by atoms with E-state index in [2.05, 4.69) is 20.7 Å². The van der Waals surface area contributed by atoms with Crippen molar-refractivity contribution in [3.63, 3.8) is 0 Å². The summed E-state index contributed by atoms with van der Waals surface area (Å²) in [5.41, 5.74) is 0. The van der Waals surface area contributed by atoms with Gasteiger partial charge in [-0.15, -0.1) is 0 Å². The SMILES string of the molecule is CC1(Br)C(=O)O[C@H](CO)[C@H]1O. The smallest absolute Gasteiger partial charge is 0.325 e. The second-order valence-corrected chi connectivity index (χ2v) is 4.29. The van der Waals surface area contributed by atoms with Crippen LogP contribution in [0.3, 0.4) is 0 Å². The lowest BCUT2D eigenvalue weighted by molar-refractivity contribution is -0.144. The number of esters is 1. The molecule has 1 aliphatic heterocycles. The summed E-state index contributed by atoms with van der Waals surface area (Å²) in [7, 11) is 0. The Morgan fingerprint density at radius 2 is 2.36 bits per heavy atom. The molecule has 3 atom stereocenters. The zero-order valence-corrected chi connectivity index (χ0v) is 7.54. The minimum Gasteiger partial charge on any atom is -0.456 e. The van der Waals surface area contributed by atoms with Gasteiger partial charge in [-0.2, -0.15) is 0 Å². The van der Waals surface area contributed by atoms with Crippen LogP contribution in [0.4, 0.5) is 0 Å². The normalized spacial score (nSPS) is 44.2. The molecule has 0 amide bonds. The molecule has 1 fully saturated rings. The number of halogens is 1. The largest absolute Gasteiger partial charge is 0.456 e. The molecule has 11 heavy (non-hydrogen) atoms. The summed E-state index contributed by atoms with van der Waals surface area (Å²) < 4.78 is 3.58. The monoisotopic (exact) mass is 224 g/mol. The van der Waals surface area contributed by atoms with Gasteiger partial charge in [-0.1, -0.05) is 15.9 Å². The summed E-state index contributed by atoms with van der Waals surface area (Å²) >= 11 is 3.02. The molecule has 0 radical (unpaired) electrons. The van der Waals surface area contributed by atoms with E-state index in [1.54, 1.807) is 0 Å². The van der Waals surface area contributed by atoms with E-state index in [9.17, 15) is 9.90 Å². The highest BCUT2D eigenvalue weighted by atomic mass is 79.9. The number of alkyl halides is 1. The van der Waals surface area contributed by atoms with Crippen LogP contribution in [0.1, 0.15) is 6.92 Å². The van der Waals surface area contributed by atoms with Crippen LogP contribution in [0.5, 0.6) is 0 Å². The molecule has 0 aromatic rings. The topological polar surface area (TPSA) is 66.8 Å². The number of aliphatic hydroxyl groups is 2. The van der Waals surface area contributed by atoms with Crippen molar-refractivity contribution in [1.82, 2.24) is 0 Å². The molecule has 0 aromatic carbocycles. The van der Waals surface area contributed by atoms with Gasteiger partial charge in [0.05, 0.1) is 6.61 Å². The van der Waals surface area contributed by atoms with Gasteiger partial charge in [0, 0.05) is 0 Å². The fourth-order valence-electron chi connectivity index (χ4n) is 0.924. The lowest BCUT2D eigenvalue weighted by Crippen LogP contribution is -2.38. The number of rotatable bonds is 1. The molecular weight excluding hydrogens is 216 g/mol. The third-order valence-electron chi connectivity index (χ3n) is 1.75. The van der Waals surface area contributed by atoms with Gasteiger partial charge in [-0.3, -0.25) is 4.79 Å². The maximum absolute atomic E-state index is 10.9. The number of hydrogen-bond acceptors (Lipinski definition) is 4. The van der Waals surface area contributed by atoms with E-state index >= 15 is 0 Å². The quantitative estimate of drug-likeness (QED) is 0.462. The van der Waals surface area contributed by atoms with Crippen LogP contribution in [0.2, 0.25) is 0 Å². The number of aliphatic hydroxyl groups excluding tert-OH is 2. The van der Waals surface area contributed by atoms with Crippen LogP contribution in [-0.4, -0.2) is 39.3 Å². The summed E-state index contributed by atoms with van der Waals surface area (Å²) in [6.07, 6.45) is -1.79. The third kappa shape index (κ3) is 1.28. The maximum atomic E-state index is 10.9. The first-order valence-electron chi connectivity index (χ1n) is 3.19. The lowest BCUT2D eigenvalue weighted by atomic mass is 10.0. The van der Waals surface area contributed by atoms with Gasteiger partial charge < -0.3 is 14.9 Å². The minimum atomic E-state index is -1.07. The van der Waals surface area contributed by atoms with Crippen LogP contribution in [-0.2, 0) is 9.53 Å². The van der Waals surface area contributed by atoms with Crippen LogP contribution in [0, 0.1) is 0 Å². The number of carbonyl (C=O) groups excluding carboxylic acids is 1. The molecule has 0 saturated carbocycles. The van der Waals surface area contributed by atoms with Gasteiger partial charge in [0.25, 0.3) is 0 Å². The number of hydrogen-bond donors (Lipinski definition) is 2. The molecule has 0 aliphatic carbocycles. The molecule has 64 valence electrons. The Morgan fingerprint density at radius 3 is 2.55 bits per heavy atom. The van der Waals surface area contributed by atoms with E-state index in [1.807, 2.05) is 0 Å². The van der Waals surface area contributed by atoms with Crippen LogP contribution in [0.25, 0.3) is 0 Å². The zero-order chi connectivity index (χ0) is 8.65. The van der Waals surface area contributed by atoms with Crippen molar-refractivity contribution in [3.05, 3.63) is 0 Å². The van der Waals surface area contributed by atoms with Crippen molar-refractivity contribution in [2.75, 3.05) is 6.61 Å². The number of cyclic esters (lactones) is 1. The Hall–Kier alpha value is -0.130. The van der Waals surface area contributed by atoms with Crippen LogP contribution < -0.4 is 0 Å². The van der Waals surface area contributed by atoms with E-state index in [4.69, 9.17) is 5.11 Å². The molecular formula is C6H9BrO4. The van der Waals surface area contributed by atoms with Crippen LogP contribution in [0.15, 0.2) is 0 Å².